The van der Waals surface area contributed by atoms with Gasteiger partial charge in [0.05, 0.1) is 11.5 Å². The van der Waals surface area contributed by atoms with Crippen LogP contribution in [0.25, 0.3) is 10.8 Å². The molecule has 1 unspecified atom stereocenters. The van der Waals surface area contributed by atoms with Crippen LogP contribution in [0, 0.1) is 0 Å². The van der Waals surface area contributed by atoms with Crippen LogP contribution in [0.4, 0.5) is 23.3 Å². The van der Waals surface area contributed by atoms with E-state index in [0.717, 1.165) is 36.7 Å². The number of piperidine rings is 1. The molecular formula is C23H24N6O2. The van der Waals surface area contributed by atoms with E-state index in [1.807, 2.05) is 42.5 Å². The number of fused-ring (bicyclic) bond motifs is 2. The Bertz CT molecular complexity index is 1170. The van der Waals surface area contributed by atoms with Gasteiger partial charge in [0.15, 0.2) is 0 Å². The molecule has 0 bridgehead atoms. The van der Waals surface area contributed by atoms with Crippen LogP contribution >= 0.6 is 0 Å². The number of rotatable bonds is 3. The second-order valence-electron chi connectivity index (χ2n) is 8.04. The molecule has 4 N–H and O–H groups in total. The Balaban J connectivity index is 1.48. The summed E-state index contributed by atoms with van der Waals surface area (Å²) in [7, 11) is 0. The lowest BCUT2D eigenvalue weighted by molar-refractivity contribution is -0.123. The number of nitrogens with one attached hydrogen (secondary N) is 2. The normalized spacial score (nSPS) is 18.4. The molecule has 8 nitrogen and oxygen atoms in total. The molecule has 3 heterocycles. The molecule has 2 amide bonds. The van der Waals surface area contributed by atoms with Gasteiger partial charge in [0.25, 0.3) is 0 Å². The molecule has 2 aliphatic heterocycles. The van der Waals surface area contributed by atoms with E-state index < -0.39 is 5.92 Å². The van der Waals surface area contributed by atoms with Gasteiger partial charge in [0, 0.05) is 30.6 Å². The number of anilines is 4. The number of amides is 2. The van der Waals surface area contributed by atoms with E-state index in [1.54, 1.807) is 0 Å². The third kappa shape index (κ3) is 3.65. The van der Waals surface area contributed by atoms with Crippen LogP contribution in [0.5, 0.6) is 0 Å². The smallest absolute Gasteiger partial charge is 0.232 e. The first-order valence-corrected chi connectivity index (χ1v) is 10.6. The summed E-state index contributed by atoms with van der Waals surface area (Å²) in [6, 6.07) is 13.5. The largest absolute Gasteiger partial charge is 0.383 e. The van der Waals surface area contributed by atoms with Crippen molar-refractivity contribution >= 4 is 45.9 Å². The second-order valence-corrected chi connectivity index (χ2v) is 8.04. The van der Waals surface area contributed by atoms with Gasteiger partial charge in [0.1, 0.15) is 11.6 Å². The number of aromatic nitrogens is 2. The lowest BCUT2D eigenvalue weighted by atomic mass is 9.91. The monoisotopic (exact) mass is 416 g/mol. The molecule has 1 aromatic heterocycles. The van der Waals surface area contributed by atoms with Crippen LogP contribution in [0.1, 0.15) is 37.2 Å². The maximum Gasteiger partial charge on any atom is 0.232 e. The fourth-order valence-corrected chi connectivity index (χ4v) is 4.40. The number of carbonyl (C=O) groups excluding carboxylic acids is 2. The highest BCUT2D eigenvalue weighted by Crippen LogP contribution is 2.37. The molecule has 31 heavy (non-hydrogen) atoms. The number of hydrogen-bond donors (Lipinski definition) is 3. The summed E-state index contributed by atoms with van der Waals surface area (Å²) in [5.41, 5.74) is 7.48. The van der Waals surface area contributed by atoms with Gasteiger partial charge in [-0.3, -0.25) is 9.59 Å². The first-order valence-electron chi connectivity index (χ1n) is 10.6. The minimum atomic E-state index is -0.752. The molecule has 1 saturated heterocycles. The Morgan fingerprint density at radius 1 is 1.06 bits per heavy atom. The zero-order valence-electron chi connectivity index (χ0n) is 17.1. The van der Waals surface area contributed by atoms with Crippen molar-refractivity contribution in [2.45, 2.75) is 31.6 Å². The molecule has 0 aliphatic carbocycles. The standard InChI is InChI=1S/C23H24N6O2/c24-20-19-16(22(31)25-17-10-6-8-14-7-2-3-9-15(14)17)13-18(30)26-21(19)28-23(27-20)29-11-4-1-5-12-29/h2-3,6-10,16H,1,4-5,11-13H2,(H,25,31)(H3,24,26,27,28,30). The molecule has 1 atom stereocenters. The van der Waals surface area contributed by atoms with Gasteiger partial charge in [-0.15, -0.1) is 0 Å². The minimum absolute atomic E-state index is 0.000219. The number of carbonyl (C=O) groups is 2. The molecule has 3 aromatic rings. The van der Waals surface area contributed by atoms with Gasteiger partial charge >= 0.3 is 0 Å². The Hall–Kier alpha value is -3.68. The number of hydrogen-bond acceptors (Lipinski definition) is 6. The summed E-state index contributed by atoms with van der Waals surface area (Å²) in [5.74, 6) is -0.225. The van der Waals surface area contributed by atoms with Gasteiger partial charge in [-0.25, -0.2) is 0 Å². The van der Waals surface area contributed by atoms with Crippen molar-refractivity contribution in [2.75, 3.05) is 34.4 Å². The van der Waals surface area contributed by atoms with Crippen LogP contribution in [0.2, 0.25) is 0 Å². The quantitative estimate of drug-likeness (QED) is 0.604. The summed E-state index contributed by atoms with van der Waals surface area (Å²) in [6.07, 6.45) is 3.33. The van der Waals surface area contributed by atoms with E-state index in [2.05, 4.69) is 25.5 Å². The van der Waals surface area contributed by atoms with E-state index in [-0.39, 0.29) is 24.1 Å². The van der Waals surface area contributed by atoms with Gasteiger partial charge in [-0.1, -0.05) is 36.4 Å². The molecule has 158 valence electrons. The third-order valence-corrected chi connectivity index (χ3v) is 5.96. The predicted octanol–water partition coefficient (Wildman–Crippen LogP) is 3.27. The zero-order valence-corrected chi connectivity index (χ0v) is 17.1. The minimum Gasteiger partial charge on any atom is -0.383 e. The topological polar surface area (TPSA) is 113 Å². The average Bonchev–Trinajstić information content (AvgIpc) is 2.79. The van der Waals surface area contributed by atoms with Crippen LogP contribution in [0.15, 0.2) is 42.5 Å². The molecule has 2 aliphatic rings. The highest BCUT2D eigenvalue weighted by Gasteiger charge is 2.35. The van der Waals surface area contributed by atoms with Gasteiger partial charge in [-0.05, 0) is 30.7 Å². The van der Waals surface area contributed by atoms with Crippen molar-refractivity contribution in [3.05, 3.63) is 48.0 Å². The summed E-state index contributed by atoms with van der Waals surface area (Å²) in [6.45, 7) is 1.72. The second kappa shape index (κ2) is 7.86. The molecule has 0 spiro atoms. The first kappa shape index (κ1) is 19.3. The fourth-order valence-electron chi connectivity index (χ4n) is 4.40. The predicted molar refractivity (Wildman–Crippen MR) is 121 cm³/mol. The van der Waals surface area contributed by atoms with Crippen LogP contribution in [-0.2, 0) is 9.59 Å². The van der Waals surface area contributed by atoms with Gasteiger partial charge < -0.3 is 21.3 Å². The molecule has 2 aromatic carbocycles. The van der Waals surface area contributed by atoms with Gasteiger partial charge in [-0.2, -0.15) is 9.97 Å². The van der Waals surface area contributed by atoms with Crippen LogP contribution in [0.3, 0.4) is 0 Å². The van der Waals surface area contributed by atoms with E-state index in [1.165, 1.54) is 6.42 Å². The Morgan fingerprint density at radius 2 is 1.84 bits per heavy atom. The summed E-state index contributed by atoms with van der Waals surface area (Å²) < 4.78 is 0. The van der Waals surface area contributed by atoms with Crippen molar-refractivity contribution < 1.29 is 9.59 Å². The number of nitrogen functional groups attached to an aromatic ring is 1. The van der Waals surface area contributed by atoms with Crippen molar-refractivity contribution in [3.63, 3.8) is 0 Å². The maximum absolute atomic E-state index is 13.2. The van der Waals surface area contributed by atoms with Crippen molar-refractivity contribution in [1.29, 1.82) is 0 Å². The van der Waals surface area contributed by atoms with E-state index in [9.17, 15) is 9.59 Å². The maximum atomic E-state index is 13.2. The van der Waals surface area contributed by atoms with Crippen LogP contribution < -0.4 is 21.3 Å². The Kier molecular flexibility index (Phi) is 4.89. The van der Waals surface area contributed by atoms with Gasteiger partial charge in [0.2, 0.25) is 17.8 Å². The zero-order chi connectivity index (χ0) is 21.4. The fraction of sp³-hybridized carbons (Fsp3) is 0.304. The van der Waals surface area contributed by atoms with E-state index in [0.29, 0.717) is 23.0 Å². The van der Waals surface area contributed by atoms with E-state index in [4.69, 9.17) is 5.73 Å². The van der Waals surface area contributed by atoms with Crippen molar-refractivity contribution in [2.24, 2.45) is 0 Å². The molecule has 0 saturated carbocycles. The lowest BCUT2D eigenvalue weighted by Gasteiger charge is -2.30. The highest BCUT2D eigenvalue weighted by atomic mass is 16.2. The third-order valence-electron chi connectivity index (χ3n) is 5.96. The first-order chi connectivity index (χ1) is 15.1. The highest BCUT2D eigenvalue weighted by molar-refractivity contribution is 6.08. The molecule has 5 rings (SSSR count). The SMILES string of the molecule is Nc1nc(N2CCCCC2)nc2c1C(C(=O)Nc1cccc3ccccc13)CC(=O)N2. The summed E-state index contributed by atoms with van der Waals surface area (Å²) in [5, 5.41) is 7.72. The van der Waals surface area contributed by atoms with Crippen LogP contribution in [-0.4, -0.2) is 34.9 Å². The van der Waals surface area contributed by atoms with Crippen molar-refractivity contribution in [1.82, 2.24) is 9.97 Å². The molecule has 8 heteroatoms. The number of nitrogens with two attached hydrogens (primary N) is 1. The van der Waals surface area contributed by atoms with Crippen molar-refractivity contribution in [3.8, 4) is 0 Å². The summed E-state index contributed by atoms with van der Waals surface area (Å²) >= 11 is 0. The summed E-state index contributed by atoms with van der Waals surface area (Å²) in [4.78, 5) is 36.8. The average molecular weight is 416 g/mol. The molecule has 1 fully saturated rings. The number of nitrogens with zero attached hydrogens (tertiary/aromatic N) is 3. The molecule has 0 radical (unpaired) electrons. The van der Waals surface area contributed by atoms with E-state index >= 15 is 0 Å². The molecular weight excluding hydrogens is 392 g/mol. The Labute approximate surface area is 179 Å². The lowest BCUT2D eigenvalue weighted by Crippen LogP contribution is -2.35. The number of benzene rings is 2. The Morgan fingerprint density at radius 3 is 2.68 bits per heavy atom.